The number of nitrogens with two attached hydrogens (primary N) is 1. The number of para-hydroxylation sites is 1. The first-order valence-electron chi connectivity index (χ1n) is 8.03. The van der Waals surface area contributed by atoms with Crippen LogP contribution in [0.4, 0.5) is 13.2 Å². The van der Waals surface area contributed by atoms with E-state index in [0.717, 1.165) is 0 Å². The van der Waals surface area contributed by atoms with Crippen LogP contribution in [-0.4, -0.2) is 24.8 Å². The van der Waals surface area contributed by atoms with Crippen LogP contribution in [0.25, 0.3) is 0 Å². The average Bonchev–Trinajstić information content (AvgIpc) is 3.06. The van der Waals surface area contributed by atoms with Crippen LogP contribution in [0.15, 0.2) is 45.8 Å². The first-order chi connectivity index (χ1) is 12.8. The van der Waals surface area contributed by atoms with E-state index < -0.39 is 12.3 Å². The van der Waals surface area contributed by atoms with E-state index in [1.165, 1.54) is 24.3 Å². The molecule has 146 valence electrons. The summed E-state index contributed by atoms with van der Waals surface area (Å²) >= 11 is 0. The minimum Gasteiger partial charge on any atom is -0.454 e. The van der Waals surface area contributed by atoms with Crippen LogP contribution in [0.3, 0.4) is 0 Å². The Balaban J connectivity index is 2.05. The number of amides is 1. The van der Waals surface area contributed by atoms with Gasteiger partial charge in [-0.1, -0.05) is 18.2 Å². The van der Waals surface area contributed by atoms with Crippen molar-refractivity contribution in [3.8, 4) is 5.75 Å². The van der Waals surface area contributed by atoms with Gasteiger partial charge in [-0.3, -0.25) is 4.79 Å². The highest BCUT2D eigenvalue weighted by atomic mass is 19.4. The zero-order valence-corrected chi connectivity index (χ0v) is 14.5. The third kappa shape index (κ3) is 6.57. The quantitative estimate of drug-likeness (QED) is 0.503. The van der Waals surface area contributed by atoms with Gasteiger partial charge in [0.15, 0.2) is 11.7 Å². The molecule has 7 nitrogen and oxygen atoms in total. The average molecular weight is 384 g/mol. The van der Waals surface area contributed by atoms with Gasteiger partial charge in [0, 0.05) is 12.1 Å². The highest BCUT2D eigenvalue weighted by Crippen LogP contribution is 2.26. The number of alkyl halides is 3. The molecular formula is C17H19F3N4O3. The number of hydrogen-bond acceptors (Lipinski definition) is 4. The van der Waals surface area contributed by atoms with Gasteiger partial charge in [-0.15, -0.1) is 13.2 Å². The summed E-state index contributed by atoms with van der Waals surface area (Å²) in [5.74, 6) is -0.136. The van der Waals surface area contributed by atoms with E-state index in [1.54, 1.807) is 12.1 Å². The monoisotopic (exact) mass is 384 g/mol. The number of aliphatic imine (C=N–C) groups is 1. The summed E-state index contributed by atoms with van der Waals surface area (Å²) in [6, 6.07) is 8.82. The minimum absolute atomic E-state index is 0.0342. The Labute approximate surface area is 153 Å². The summed E-state index contributed by atoms with van der Waals surface area (Å²) in [7, 11) is 0. The fourth-order valence-corrected chi connectivity index (χ4v) is 2.14. The molecule has 0 unspecified atom stereocenters. The topological polar surface area (TPSA) is 102 Å². The second kappa shape index (κ2) is 8.97. The second-order valence-corrected chi connectivity index (χ2v) is 5.33. The highest BCUT2D eigenvalue weighted by molar-refractivity contribution is 5.89. The van der Waals surface area contributed by atoms with Gasteiger partial charge >= 0.3 is 6.36 Å². The number of nitrogens with one attached hydrogen (secondary N) is 2. The number of halogens is 3. The summed E-state index contributed by atoms with van der Waals surface area (Å²) in [4.78, 5) is 15.3. The number of primary amides is 1. The maximum absolute atomic E-state index is 12.5. The molecule has 2 rings (SSSR count). The van der Waals surface area contributed by atoms with Crippen molar-refractivity contribution in [1.82, 2.24) is 10.6 Å². The molecule has 0 saturated heterocycles. The Morgan fingerprint density at radius 3 is 2.59 bits per heavy atom. The summed E-state index contributed by atoms with van der Waals surface area (Å²) in [6.07, 6.45) is -4.78. The number of benzene rings is 1. The number of carbonyl (C=O) groups excluding carboxylic acids is 1. The lowest BCUT2D eigenvalue weighted by molar-refractivity contribution is -0.274. The first-order valence-corrected chi connectivity index (χ1v) is 8.03. The fourth-order valence-electron chi connectivity index (χ4n) is 2.14. The van der Waals surface area contributed by atoms with E-state index >= 15 is 0 Å². The molecule has 0 radical (unpaired) electrons. The van der Waals surface area contributed by atoms with Crippen molar-refractivity contribution in [3.63, 3.8) is 0 Å². The van der Waals surface area contributed by atoms with Gasteiger partial charge in [-0.2, -0.15) is 0 Å². The minimum atomic E-state index is -4.78. The third-order valence-electron chi connectivity index (χ3n) is 3.28. The molecule has 1 aromatic carbocycles. The van der Waals surface area contributed by atoms with Gasteiger partial charge in [0.05, 0.1) is 13.1 Å². The second-order valence-electron chi connectivity index (χ2n) is 5.33. The molecule has 2 aromatic rings. The van der Waals surface area contributed by atoms with Crippen LogP contribution < -0.4 is 21.1 Å². The van der Waals surface area contributed by atoms with Crippen molar-refractivity contribution in [2.45, 2.75) is 26.4 Å². The first kappa shape index (κ1) is 20.1. The highest BCUT2D eigenvalue weighted by Gasteiger charge is 2.31. The summed E-state index contributed by atoms with van der Waals surface area (Å²) in [6.45, 7) is 2.55. The Hall–Kier alpha value is -3.17. The predicted octanol–water partition coefficient (Wildman–Crippen LogP) is 2.53. The number of nitrogens with zero attached hydrogens (tertiary/aromatic N) is 1. The maximum Gasteiger partial charge on any atom is 0.573 e. The van der Waals surface area contributed by atoms with Gasteiger partial charge in [0.25, 0.3) is 5.91 Å². The molecule has 1 heterocycles. The number of ether oxygens (including phenoxy) is 1. The molecule has 4 N–H and O–H groups in total. The van der Waals surface area contributed by atoms with Crippen LogP contribution in [-0.2, 0) is 13.1 Å². The molecule has 0 spiro atoms. The molecule has 0 aliphatic carbocycles. The van der Waals surface area contributed by atoms with Crippen molar-refractivity contribution < 1.29 is 27.1 Å². The number of furan rings is 1. The van der Waals surface area contributed by atoms with E-state index in [2.05, 4.69) is 20.4 Å². The maximum atomic E-state index is 12.5. The molecule has 0 saturated carbocycles. The lowest BCUT2D eigenvalue weighted by Crippen LogP contribution is -2.36. The lowest BCUT2D eigenvalue weighted by atomic mass is 10.2. The third-order valence-corrected chi connectivity index (χ3v) is 3.28. The van der Waals surface area contributed by atoms with Gasteiger partial charge in [0.2, 0.25) is 0 Å². The Morgan fingerprint density at radius 1 is 1.22 bits per heavy atom. The molecular weight excluding hydrogens is 365 g/mol. The van der Waals surface area contributed by atoms with Crippen LogP contribution >= 0.6 is 0 Å². The molecule has 0 bridgehead atoms. The Bertz CT molecular complexity index is 803. The zero-order chi connectivity index (χ0) is 19.9. The Kier molecular flexibility index (Phi) is 6.69. The number of carbonyl (C=O) groups is 1. The summed E-state index contributed by atoms with van der Waals surface area (Å²) in [5, 5.41) is 5.92. The van der Waals surface area contributed by atoms with Crippen LogP contribution in [0.1, 0.15) is 28.8 Å². The van der Waals surface area contributed by atoms with E-state index in [0.29, 0.717) is 18.3 Å². The Morgan fingerprint density at radius 2 is 1.96 bits per heavy atom. The number of guanidine groups is 1. The van der Waals surface area contributed by atoms with Gasteiger partial charge < -0.3 is 25.5 Å². The molecule has 0 fully saturated rings. The van der Waals surface area contributed by atoms with Crippen LogP contribution in [0.2, 0.25) is 0 Å². The predicted molar refractivity (Wildman–Crippen MR) is 92.0 cm³/mol. The molecule has 10 heteroatoms. The molecule has 0 atom stereocenters. The van der Waals surface area contributed by atoms with E-state index in [1.807, 2.05) is 6.92 Å². The van der Waals surface area contributed by atoms with Gasteiger partial charge in [-0.05, 0) is 25.1 Å². The van der Waals surface area contributed by atoms with Crippen molar-refractivity contribution in [3.05, 3.63) is 53.5 Å². The number of hydrogen-bond donors (Lipinski definition) is 3. The molecule has 0 aliphatic rings. The van der Waals surface area contributed by atoms with Crippen LogP contribution in [0, 0.1) is 0 Å². The summed E-state index contributed by atoms with van der Waals surface area (Å²) in [5.41, 5.74) is 5.40. The fraction of sp³-hybridized carbons (Fsp3) is 0.294. The lowest BCUT2D eigenvalue weighted by Gasteiger charge is -2.13. The smallest absolute Gasteiger partial charge is 0.454 e. The molecule has 0 aliphatic heterocycles. The van der Waals surface area contributed by atoms with Crippen molar-refractivity contribution in [2.24, 2.45) is 10.7 Å². The normalized spacial score (nSPS) is 11.9. The molecule has 27 heavy (non-hydrogen) atoms. The molecule has 1 aromatic heterocycles. The van der Waals surface area contributed by atoms with E-state index in [4.69, 9.17) is 10.2 Å². The molecule has 1 amide bonds. The van der Waals surface area contributed by atoms with Gasteiger partial charge in [0.1, 0.15) is 11.5 Å². The summed E-state index contributed by atoms with van der Waals surface area (Å²) < 4.78 is 46.7. The van der Waals surface area contributed by atoms with Crippen LogP contribution in [0.5, 0.6) is 5.75 Å². The van der Waals surface area contributed by atoms with E-state index in [9.17, 15) is 18.0 Å². The van der Waals surface area contributed by atoms with E-state index in [-0.39, 0.29) is 30.2 Å². The van der Waals surface area contributed by atoms with Gasteiger partial charge in [-0.25, -0.2) is 4.99 Å². The SMILES string of the molecule is CCNC(=NCc1ccccc1OC(F)(F)F)NCc1ccc(C(N)=O)o1. The standard InChI is InChI=1S/C17H19F3N4O3/c1-2-22-16(24-10-12-7-8-14(26-12)15(21)25)23-9-11-5-3-4-6-13(11)27-17(18,19)20/h3-8H,2,9-10H2,1H3,(H2,21,25)(H2,22,23,24). The van der Waals surface area contributed by atoms with Crippen molar-refractivity contribution in [1.29, 1.82) is 0 Å². The van der Waals surface area contributed by atoms with Crippen molar-refractivity contribution in [2.75, 3.05) is 6.54 Å². The zero-order valence-electron chi connectivity index (χ0n) is 14.5. The largest absolute Gasteiger partial charge is 0.573 e. The number of rotatable bonds is 7. The van der Waals surface area contributed by atoms with Crippen molar-refractivity contribution >= 4 is 11.9 Å².